The Morgan fingerprint density at radius 1 is 1.24 bits per heavy atom. The fourth-order valence-corrected chi connectivity index (χ4v) is 6.36. The molecule has 0 spiro atoms. The van der Waals surface area contributed by atoms with Gasteiger partial charge in [-0.15, -0.1) is 0 Å². The Morgan fingerprint density at radius 2 is 1.95 bits per heavy atom. The monoisotopic (exact) mass is 330 g/mol. The highest BCUT2D eigenvalue weighted by molar-refractivity contribution is 7.92. The number of hydrogen-bond acceptors (Lipinski definition) is 5. The van der Waals surface area contributed by atoms with Crippen LogP contribution in [0, 0.1) is 0 Å². The van der Waals surface area contributed by atoms with Crippen molar-refractivity contribution in [3.8, 4) is 0 Å². The average Bonchev–Trinajstić information content (AvgIpc) is 2.84. The van der Waals surface area contributed by atoms with E-state index in [0.29, 0.717) is 6.54 Å². The number of hydrogen-bond donors (Lipinski definition) is 1. The van der Waals surface area contributed by atoms with Gasteiger partial charge >= 0.3 is 0 Å². The van der Waals surface area contributed by atoms with Crippen molar-refractivity contribution in [2.24, 2.45) is 0 Å². The van der Waals surface area contributed by atoms with Crippen molar-refractivity contribution in [3.63, 3.8) is 0 Å². The predicted molar refractivity (Wildman–Crippen MR) is 79.0 cm³/mol. The molecule has 21 heavy (non-hydrogen) atoms. The maximum atomic E-state index is 12.7. The van der Waals surface area contributed by atoms with Gasteiger partial charge in [0.05, 0.1) is 16.4 Å². The molecule has 2 aliphatic rings. The molecule has 0 bridgehead atoms. The molecule has 1 atom stereocenters. The number of nitrogens with one attached hydrogen (secondary N) is 1. The Bertz CT molecular complexity index is 771. The molecule has 3 rings (SSSR count). The van der Waals surface area contributed by atoms with E-state index >= 15 is 0 Å². The summed E-state index contributed by atoms with van der Waals surface area (Å²) in [5.41, 5.74) is 2.11. The maximum Gasteiger partial charge on any atom is 0.243 e. The van der Waals surface area contributed by atoms with Gasteiger partial charge in [0.2, 0.25) is 10.0 Å². The van der Waals surface area contributed by atoms with Gasteiger partial charge in [0.15, 0.2) is 9.84 Å². The van der Waals surface area contributed by atoms with Crippen LogP contribution in [0.5, 0.6) is 0 Å². The summed E-state index contributed by atoms with van der Waals surface area (Å²) < 4.78 is 49.9. The largest absolute Gasteiger partial charge is 0.309 e. The van der Waals surface area contributed by atoms with Crippen LogP contribution in [0.4, 0.5) is 0 Å². The van der Waals surface area contributed by atoms with Crippen molar-refractivity contribution in [2.45, 2.75) is 31.0 Å². The summed E-state index contributed by atoms with van der Waals surface area (Å²) in [6.07, 6.45) is 0. The van der Waals surface area contributed by atoms with Gasteiger partial charge in [-0.05, 0) is 30.2 Å². The van der Waals surface area contributed by atoms with Crippen molar-refractivity contribution < 1.29 is 16.8 Å². The molecule has 1 fully saturated rings. The molecular formula is C13H18N2O4S2. The minimum Gasteiger partial charge on any atom is -0.309 e. The van der Waals surface area contributed by atoms with E-state index in [9.17, 15) is 16.8 Å². The fourth-order valence-electron chi connectivity index (χ4n) is 2.91. The second-order valence-corrected chi connectivity index (χ2v) is 9.73. The van der Waals surface area contributed by atoms with E-state index in [-0.39, 0.29) is 22.9 Å². The van der Waals surface area contributed by atoms with Crippen LogP contribution >= 0.6 is 0 Å². The van der Waals surface area contributed by atoms with Crippen LogP contribution in [0.3, 0.4) is 0 Å². The maximum absolute atomic E-state index is 12.7. The molecular weight excluding hydrogens is 312 g/mol. The molecule has 1 aromatic rings. The van der Waals surface area contributed by atoms with Crippen LogP contribution < -0.4 is 5.32 Å². The van der Waals surface area contributed by atoms with Crippen LogP contribution in [0.2, 0.25) is 0 Å². The van der Waals surface area contributed by atoms with Crippen LogP contribution in [-0.2, 0) is 33.0 Å². The molecule has 0 amide bonds. The van der Waals surface area contributed by atoms with Gasteiger partial charge in [0.1, 0.15) is 0 Å². The summed E-state index contributed by atoms with van der Waals surface area (Å²) >= 11 is 0. The van der Waals surface area contributed by atoms with Crippen molar-refractivity contribution in [2.75, 3.05) is 18.1 Å². The molecule has 116 valence electrons. The van der Waals surface area contributed by atoms with Gasteiger partial charge in [-0.1, -0.05) is 6.07 Å². The quantitative estimate of drug-likeness (QED) is 0.831. The summed E-state index contributed by atoms with van der Waals surface area (Å²) in [6.45, 7) is 3.10. The van der Waals surface area contributed by atoms with Gasteiger partial charge in [0, 0.05) is 25.7 Å². The molecule has 2 heterocycles. The molecule has 0 radical (unpaired) electrons. The molecule has 0 saturated carbocycles. The molecule has 1 N–H and O–H groups in total. The number of sulfonamides is 1. The topological polar surface area (TPSA) is 83.6 Å². The summed E-state index contributed by atoms with van der Waals surface area (Å²) in [7, 11) is -6.77. The SMILES string of the molecule is CC1CS(=O)(=O)CCN1S(=O)(=O)c1ccc2c(c1)CNC2. The normalized spacial score (nSPS) is 25.7. The third kappa shape index (κ3) is 2.73. The lowest BCUT2D eigenvalue weighted by Crippen LogP contribution is -2.49. The lowest BCUT2D eigenvalue weighted by Gasteiger charge is -2.32. The van der Waals surface area contributed by atoms with Crippen molar-refractivity contribution in [1.82, 2.24) is 9.62 Å². The fraction of sp³-hybridized carbons (Fsp3) is 0.538. The Labute approximate surface area is 125 Å². The van der Waals surface area contributed by atoms with E-state index in [1.54, 1.807) is 19.1 Å². The molecule has 0 aromatic heterocycles. The minimum atomic E-state index is -3.64. The van der Waals surface area contributed by atoms with Crippen LogP contribution in [0.15, 0.2) is 23.1 Å². The second-order valence-electron chi connectivity index (χ2n) is 5.61. The first-order valence-corrected chi connectivity index (χ1v) is 10.1. The standard InChI is InChI=1S/C13H18N2O4S2/c1-10-9-20(16,17)5-4-15(10)21(18,19)13-3-2-11-7-14-8-12(11)6-13/h2-3,6,10,14H,4-5,7-9H2,1H3. The Balaban J connectivity index is 1.94. The zero-order chi connectivity index (χ0) is 15.3. The van der Waals surface area contributed by atoms with Gasteiger partial charge < -0.3 is 5.32 Å². The smallest absolute Gasteiger partial charge is 0.243 e. The number of sulfone groups is 1. The Morgan fingerprint density at radius 3 is 2.67 bits per heavy atom. The number of fused-ring (bicyclic) bond motifs is 1. The Kier molecular flexibility index (Phi) is 3.59. The zero-order valence-electron chi connectivity index (χ0n) is 11.7. The van der Waals surface area contributed by atoms with Gasteiger partial charge in [-0.2, -0.15) is 4.31 Å². The lowest BCUT2D eigenvalue weighted by atomic mass is 10.1. The number of rotatable bonds is 2. The van der Waals surface area contributed by atoms with E-state index in [2.05, 4.69) is 5.32 Å². The summed E-state index contributed by atoms with van der Waals surface area (Å²) in [5.74, 6) is -0.220. The van der Waals surface area contributed by atoms with Crippen LogP contribution in [0.1, 0.15) is 18.1 Å². The molecule has 1 unspecified atom stereocenters. The first-order valence-electron chi connectivity index (χ1n) is 6.84. The first-order chi connectivity index (χ1) is 9.79. The van der Waals surface area contributed by atoms with E-state index in [0.717, 1.165) is 17.7 Å². The van der Waals surface area contributed by atoms with E-state index in [1.807, 2.05) is 6.07 Å². The first kappa shape index (κ1) is 15.0. The van der Waals surface area contributed by atoms with Gasteiger partial charge in [-0.25, -0.2) is 16.8 Å². The molecule has 6 nitrogen and oxygen atoms in total. The molecule has 2 aliphatic heterocycles. The lowest BCUT2D eigenvalue weighted by molar-refractivity contribution is 0.357. The highest BCUT2D eigenvalue weighted by Crippen LogP contribution is 2.25. The third-order valence-corrected chi connectivity index (χ3v) is 7.83. The number of nitrogens with zero attached hydrogens (tertiary/aromatic N) is 1. The van der Waals surface area contributed by atoms with Crippen molar-refractivity contribution >= 4 is 19.9 Å². The van der Waals surface area contributed by atoms with Crippen molar-refractivity contribution in [3.05, 3.63) is 29.3 Å². The van der Waals surface area contributed by atoms with Gasteiger partial charge in [0.25, 0.3) is 0 Å². The minimum absolute atomic E-state index is 0.0289. The predicted octanol–water partition coefficient (Wildman–Crippen LogP) is 0.0974. The molecule has 8 heteroatoms. The molecule has 1 saturated heterocycles. The summed E-state index contributed by atoms with van der Waals surface area (Å²) in [6, 6.07) is 4.60. The highest BCUT2D eigenvalue weighted by atomic mass is 32.2. The number of benzene rings is 1. The summed E-state index contributed by atoms with van der Waals surface area (Å²) in [5, 5.41) is 3.18. The van der Waals surface area contributed by atoms with E-state index in [1.165, 1.54) is 4.31 Å². The third-order valence-electron chi connectivity index (χ3n) is 4.02. The van der Waals surface area contributed by atoms with Crippen LogP contribution in [0.25, 0.3) is 0 Å². The average molecular weight is 330 g/mol. The van der Waals surface area contributed by atoms with E-state index < -0.39 is 25.9 Å². The van der Waals surface area contributed by atoms with E-state index in [4.69, 9.17) is 0 Å². The zero-order valence-corrected chi connectivity index (χ0v) is 13.4. The van der Waals surface area contributed by atoms with Gasteiger partial charge in [-0.3, -0.25) is 0 Å². The molecule has 0 aliphatic carbocycles. The second kappa shape index (κ2) is 5.05. The highest BCUT2D eigenvalue weighted by Gasteiger charge is 2.36. The Hall–Kier alpha value is -0.960. The van der Waals surface area contributed by atoms with Crippen molar-refractivity contribution in [1.29, 1.82) is 0 Å². The van der Waals surface area contributed by atoms with Crippen LogP contribution in [-0.4, -0.2) is 45.2 Å². The summed E-state index contributed by atoms with van der Waals surface area (Å²) in [4.78, 5) is 0.246. The molecule has 1 aromatic carbocycles.